The van der Waals surface area contributed by atoms with Crippen molar-refractivity contribution in [3.8, 4) is 0 Å². The molecule has 1 N–H and O–H groups in total. The van der Waals surface area contributed by atoms with E-state index in [1.54, 1.807) is 26.0 Å². The Kier molecular flexibility index (Phi) is 5.95. The van der Waals surface area contributed by atoms with E-state index in [-0.39, 0.29) is 11.7 Å². The summed E-state index contributed by atoms with van der Waals surface area (Å²) in [5, 5.41) is 13.8. The first-order valence-electron chi connectivity index (χ1n) is 6.15. The highest BCUT2D eigenvalue weighted by Crippen LogP contribution is 2.18. The molecular formula is C13H18N2O4. The van der Waals surface area contributed by atoms with Crippen molar-refractivity contribution >= 4 is 11.7 Å². The predicted molar refractivity (Wildman–Crippen MR) is 70.8 cm³/mol. The molecule has 0 heterocycles. The van der Waals surface area contributed by atoms with E-state index in [4.69, 9.17) is 4.74 Å². The zero-order chi connectivity index (χ0) is 14.3. The van der Waals surface area contributed by atoms with E-state index in [0.29, 0.717) is 31.7 Å². The minimum Gasteiger partial charge on any atom is -0.466 e. The summed E-state index contributed by atoms with van der Waals surface area (Å²) in [6.07, 6.45) is 0.293. The Hall–Kier alpha value is -1.95. The van der Waals surface area contributed by atoms with Gasteiger partial charge in [-0.1, -0.05) is 12.1 Å². The van der Waals surface area contributed by atoms with Gasteiger partial charge in [-0.3, -0.25) is 14.9 Å². The quantitative estimate of drug-likeness (QED) is 0.353. The fourth-order valence-electron chi connectivity index (χ4n) is 1.62. The van der Waals surface area contributed by atoms with Crippen LogP contribution in [0.3, 0.4) is 0 Å². The first-order valence-corrected chi connectivity index (χ1v) is 6.15. The highest BCUT2D eigenvalue weighted by Gasteiger charge is 2.10. The fraction of sp³-hybridized carbons (Fsp3) is 0.462. The first kappa shape index (κ1) is 15.1. The van der Waals surface area contributed by atoms with Crippen LogP contribution in [0.25, 0.3) is 0 Å². The molecule has 0 atom stereocenters. The fourth-order valence-corrected chi connectivity index (χ4v) is 1.62. The van der Waals surface area contributed by atoms with E-state index in [9.17, 15) is 14.9 Å². The van der Waals surface area contributed by atoms with Crippen LogP contribution in [0.1, 0.15) is 24.5 Å². The molecule has 1 aromatic rings. The van der Waals surface area contributed by atoms with Gasteiger partial charge in [0.25, 0.3) is 5.69 Å². The molecule has 1 aromatic carbocycles. The number of hydrogen-bond donors (Lipinski definition) is 1. The van der Waals surface area contributed by atoms with E-state index >= 15 is 0 Å². The molecule has 0 spiro atoms. The van der Waals surface area contributed by atoms with Crippen molar-refractivity contribution in [2.75, 3.05) is 13.2 Å². The molecule has 0 saturated heterocycles. The van der Waals surface area contributed by atoms with Gasteiger partial charge in [0.15, 0.2) is 0 Å². The van der Waals surface area contributed by atoms with Crippen LogP contribution in [0.4, 0.5) is 5.69 Å². The van der Waals surface area contributed by atoms with Crippen molar-refractivity contribution in [3.05, 3.63) is 39.4 Å². The number of nitro groups is 1. The molecule has 0 fully saturated rings. The van der Waals surface area contributed by atoms with Gasteiger partial charge in [0.2, 0.25) is 0 Å². The van der Waals surface area contributed by atoms with Crippen molar-refractivity contribution in [2.45, 2.75) is 26.8 Å². The van der Waals surface area contributed by atoms with Gasteiger partial charge in [0, 0.05) is 24.7 Å². The van der Waals surface area contributed by atoms with Gasteiger partial charge in [-0.2, -0.15) is 0 Å². The van der Waals surface area contributed by atoms with Crippen LogP contribution in [0.2, 0.25) is 0 Å². The largest absolute Gasteiger partial charge is 0.466 e. The standard InChI is InChI=1S/C13H18N2O4/c1-3-19-13(16)6-7-14-9-11-5-4-10(2)12(8-11)15(17)18/h4-5,8,14H,3,6-7,9H2,1-2H3. The summed E-state index contributed by atoms with van der Waals surface area (Å²) in [6.45, 7) is 4.82. The molecule has 6 heteroatoms. The minimum atomic E-state index is -0.391. The second-order valence-electron chi connectivity index (χ2n) is 4.11. The molecule has 0 radical (unpaired) electrons. The molecule has 6 nitrogen and oxygen atoms in total. The van der Waals surface area contributed by atoms with Gasteiger partial charge in [-0.05, 0) is 19.4 Å². The Morgan fingerprint density at radius 1 is 1.47 bits per heavy atom. The van der Waals surface area contributed by atoms with Crippen LogP contribution in [0.5, 0.6) is 0 Å². The lowest BCUT2D eigenvalue weighted by Crippen LogP contribution is -2.19. The van der Waals surface area contributed by atoms with E-state index in [1.807, 2.05) is 6.07 Å². The summed E-state index contributed by atoms with van der Waals surface area (Å²) in [5.41, 5.74) is 1.58. The highest BCUT2D eigenvalue weighted by molar-refractivity contribution is 5.69. The number of aryl methyl sites for hydroxylation is 1. The number of carbonyl (C=O) groups excluding carboxylic acids is 1. The third kappa shape index (κ3) is 5.05. The SMILES string of the molecule is CCOC(=O)CCNCc1ccc(C)c([N+](=O)[O-])c1. The first-order chi connectivity index (χ1) is 9.04. The Bertz CT molecular complexity index is 460. The smallest absolute Gasteiger partial charge is 0.307 e. The van der Waals surface area contributed by atoms with Gasteiger partial charge in [0.1, 0.15) is 0 Å². The maximum absolute atomic E-state index is 11.1. The Balaban J connectivity index is 2.44. The van der Waals surface area contributed by atoms with E-state index in [0.717, 1.165) is 5.56 Å². The third-order valence-corrected chi connectivity index (χ3v) is 2.61. The highest BCUT2D eigenvalue weighted by atomic mass is 16.6. The summed E-state index contributed by atoms with van der Waals surface area (Å²) in [6, 6.07) is 5.10. The summed E-state index contributed by atoms with van der Waals surface area (Å²) < 4.78 is 4.79. The Labute approximate surface area is 111 Å². The van der Waals surface area contributed by atoms with Crippen LogP contribution < -0.4 is 5.32 Å². The van der Waals surface area contributed by atoms with Gasteiger partial charge >= 0.3 is 5.97 Å². The second-order valence-corrected chi connectivity index (χ2v) is 4.11. The third-order valence-electron chi connectivity index (χ3n) is 2.61. The molecule has 0 aliphatic carbocycles. The van der Waals surface area contributed by atoms with Crippen molar-refractivity contribution in [1.29, 1.82) is 0 Å². The number of hydrogen-bond acceptors (Lipinski definition) is 5. The summed E-state index contributed by atoms with van der Waals surface area (Å²) >= 11 is 0. The molecule has 0 aliphatic heterocycles. The van der Waals surface area contributed by atoms with Crippen molar-refractivity contribution in [3.63, 3.8) is 0 Å². The molecule has 0 unspecified atom stereocenters. The van der Waals surface area contributed by atoms with Gasteiger partial charge in [-0.15, -0.1) is 0 Å². The number of rotatable bonds is 7. The maximum Gasteiger partial charge on any atom is 0.307 e. The van der Waals surface area contributed by atoms with Crippen molar-refractivity contribution < 1.29 is 14.5 Å². The number of nitro benzene ring substituents is 1. The molecule has 0 aliphatic rings. The summed E-state index contributed by atoms with van der Waals surface area (Å²) in [7, 11) is 0. The molecule has 0 aromatic heterocycles. The monoisotopic (exact) mass is 266 g/mol. The van der Waals surface area contributed by atoms with Crippen LogP contribution >= 0.6 is 0 Å². The van der Waals surface area contributed by atoms with Crippen molar-refractivity contribution in [2.24, 2.45) is 0 Å². The molecule has 19 heavy (non-hydrogen) atoms. The Morgan fingerprint density at radius 2 is 2.21 bits per heavy atom. The van der Waals surface area contributed by atoms with Crippen LogP contribution in [-0.2, 0) is 16.1 Å². The average Bonchev–Trinajstić information content (AvgIpc) is 2.36. The topological polar surface area (TPSA) is 81.5 Å². The number of nitrogens with zero attached hydrogens (tertiary/aromatic N) is 1. The van der Waals surface area contributed by atoms with Gasteiger partial charge in [-0.25, -0.2) is 0 Å². The molecular weight excluding hydrogens is 248 g/mol. The van der Waals surface area contributed by atoms with Gasteiger partial charge in [0.05, 0.1) is 18.0 Å². The Morgan fingerprint density at radius 3 is 2.84 bits per heavy atom. The lowest BCUT2D eigenvalue weighted by molar-refractivity contribution is -0.385. The minimum absolute atomic E-state index is 0.115. The van der Waals surface area contributed by atoms with Crippen molar-refractivity contribution in [1.82, 2.24) is 5.32 Å². The predicted octanol–water partition coefficient (Wildman–Crippen LogP) is 1.95. The summed E-state index contributed by atoms with van der Waals surface area (Å²) in [5.74, 6) is -0.245. The number of benzene rings is 1. The number of ether oxygens (including phenoxy) is 1. The number of esters is 1. The molecule has 0 amide bonds. The van der Waals surface area contributed by atoms with E-state index in [1.165, 1.54) is 0 Å². The summed E-state index contributed by atoms with van der Waals surface area (Å²) in [4.78, 5) is 21.5. The van der Waals surface area contributed by atoms with Gasteiger partial charge < -0.3 is 10.1 Å². The normalized spacial score (nSPS) is 10.2. The molecule has 0 bridgehead atoms. The maximum atomic E-state index is 11.1. The van der Waals surface area contributed by atoms with Crippen LogP contribution in [0, 0.1) is 17.0 Å². The second kappa shape index (κ2) is 7.48. The lowest BCUT2D eigenvalue weighted by Gasteiger charge is -2.06. The molecule has 0 saturated carbocycles. The molecule has 1 rings (SSSR count). The molecule has 104 valence electrons. The zero-order valence-electron chi connectivity index (χ0n) is 11.1. The number of nitrogens with one attached hydrogen (secondary N) is 1. The number of carbonyl (C=O) groups is 1. The van der Waals surface area contributed by atoms with E-state index < -0.39 is 4.92 Å². The van der Waals surface area contributed by atoms with E-state index in [2.05, 4.69) is 5.32 Å². The van der Waals surface area contributed by atoms with Crippen LogP contribution in [0.15, 0.2) is 18.2 Å². The zero-order valence-corrected chi connectivity index (χ0v) is 11.1. The lowest BCUT2D eigenvalue weighted by atomic mass is 10.1. The average molecular weight is 266 g/mol. The van der Waals surface area contributed by atoms with Crippen LogP contribution in [-0.4, -0.2) is 24.0 Å².